The highest BCUT2D eigenvalue weighted by Gasteiger charge is 2.30. The largest absolute Gasteiger partial charge is 0.352 e. The third kappa shape index (κ3) is 7.21. The highest BCUT2D eigenvalue weighted by Crippen LogP contribution is 2.18. The number of hydrogen-bond acceptors (Lipinski definition) is 2. The summed E-state index contributed by atoms with van der Waals surface area (Å²) in [5.74, 6) is -0.121. The van der Waals surface area contributed by atoms with Gasteiger partial charge in [0.2, 0.25) is 11.8 Å². The van der Waals surface area contributed by atoms with E-state index in [1.165, 1.54) is 0 Å². The number of nitrogens with one attached hydrogen (secondary N) is 1. The molecule has 0 unspecified atom stereocenters. The summed E-state index contributed by atoms with van der Waals surface area (Å²) in [5, 5.41) is 3.72. The highest BCUT2D eigenvalue weighted by molar-refractivity contribution is 6.30. The molecule has 4 nitrogen and oxygen atoms in total. The minimum atomic E-state index is -0.568. The normalized spacial score (nSPS) is 12.8. The first kappa shape index (κ1) is 23.0. The zero-order valence-electron chi connectivity index (χ0n) is 17.5. The van der Waals surface area contributed by atoms with Gasteiger partial charge < -0.3 is 10.2 Å². The van der Waals surface area contributed by atoms with Crippen LogP contribution >= 0.6 is 11.6 Å². The van der Waals surface area contributed by atoms with E-state index in [0.29, 0.717) is 24.4 Å². The molecule has 0 bridgehead atoms. The van der Waals surface area contributed by atoms with E-state index in [1.54, 1.807) is 4.90 Å². The fourth-order valence-electron chi connectivity index (χ4n) is 3.14. The van der Waals surface area contributed by atoms with Crippen LogP contribution in [0.1, 0.15) is 51.2 Å². The molecule has 0 saturated heterocycles. The van der Waals surface area contributed by atoms with Gasteiger partial charge in [-0.2, -0.15) is 0 Å². The van der Waals surface area contributed by atoms with Crippen molar-refractivity contribution >= 4 is 23.4 Å². The van der Waals surface area contributed by atoms with E-state index in [9.17, 15) is 9.59 Å². The Labute approximate surface area is 179 Å². The first-order valence-corrected chi connectivity index (χ1v) is 10.7. The minimum Gasteiger partial charge on any atom is -0.352 e. The second-order valence-corrected chi connectivity index (χ2v) is 7.86. The molecular weight excluding hydrogens is 384 g/mol. The zero-order chi connectivity index (χ0) is 21.2. The summed E-state index contributed by atoms with van der Waals surface area (Å²) < 4.78 is 0. The Kier molecular flexibility index (Phi) is 9.20. The van der Waals surface area contributed by atoms with E-state index in [2.05, 4.69) is 5.32 Å². The number of nitrogens with zero attached hydrogens (tertiary/aromatic N) is 1. The minimum absolute atomic E-state index is 0.0114. The maximum absolute atomic E-state index is 13.2. The summed E-state index contributed by atoms with van der Waals surface area (Å²) in [6.45, 7) is 6.37. The second-order valence-electron chi connectivity index (χ2n) is 7.42. The predicted molar refractivity (Wildman–Crippen MR) is 119 cm³/mol. The van der Waals surface area contributed by atoms with E-state index in [1.807, 2.05) is 75.4 Å². The number of hydrogen-bond donors (Lipinski definition) is 1. The molecule has 0 spiro atoms. The Morgan fingerprint density at radius 3 is 2.24 bits per heavy atom. The number of rotatable bonds is 10. The van der Waals surface area contributed by atoms with Crippen molar-refractivity contribution in [1.82, 2.24) is 10.2 Å². The Bertz CT molecular complexity index is 777. The van der Waals surface area contributed by atoms with Crippen LogP contribution in [0.4, 0.5) is 0 Å². The van der Waals surface area contributed by atoms with Crippen molar-refractivity contribution in [3.8, 4) is 0 Å². The summed E-state index contributed by atoms with van der Waals surface area (Å²) in [5.41, 5.74) is 1.98. The molecule has 5 heteroatoms. The molecule has 0 heterocycles. The summed E-state index contributed by atoms with van der Waals surface area (Å²) in [7, 11) is 0. The van der Waals surface area contributed by atoms with Gasteiger partial charge in [0.25, 0.3) is 0 Å². The number of carbonyl (C=O) groups excluding carboxylic acids is 2. The smallest absolute Gasteiger partial charge is 0.243 e. The van der Waals surface area contributed by atoms with E-state index in [0.717, 1.165) is 24.0 Å². The van der Waals surface area contributed by atoms with Gasteiger partial charge in [-0.1, -0.05) is 67.9 Å². The van der Waals surface area contributed by atoms with Crippen molar-refractivity contribution in [2.24, 2.45) is 0 Å². The van der Waals surface area contributed by atoms with Crippen LogP contribution in [0.2, 0.25) is 5.02 Å². The molecule has 2 aromatic carbocycles. The van der Waals surface area contributed by atoms with Crippen molar-refractivity contribution < 1.29 is 9.59 Å². The number of carbonyl (C=O) groups is 2. The van der Waals surface area contributed by atoms with Gasteiger partial charge in [0.05, 0.1) is 0 Å². The van der Waals surface area contributed by atoms with Gasteiger partial charge in [-0.05, 0) is 43.0 Å². The Morgan fingerprint density at radius 2 is 1.66 bits per heavy atom. The quantitative estimate of drug-likeness (QED) is 0.595. The summed E-state index contributed by atoms with van der Waals surface area (Å²) in [4.78, 5) is 27.9. The van der Waals surface area contributed by atoms with E-state index in [4.69, 9.17) is 11.6 Å². The fraction of sp³-hybridized carbons (Fsp3) is 0.417. The SMILES string of the molecule is CCCC(=O)N(Cc1ccc(Cl)cc1)[C@@H](Cc1ccccc1)C(=O)N[C@H](C)CC. The van der Waals surface area contributed by atoms with Crippen LogP contribution in [0.25, 0.3) is 0 Å². The molecule has 2 amide bonds. The predicted octanol–water partition coefficient (Wildman–Crippen LogP) is 4.99. The lowest BCUT2D eigenvalue weighted by Crippen LogP contribution is -2.52. The van der Waals surface area contributed by atoms with Crippen LogP contribution in [0.15, 0.2) is 54.6 Å². The average molecular weight is 415 g/mol. The van der Waals surface area contributed by atoms with Gasteiger partial charge in [-0.3, -0.25) is 9.59 Å². The van der Waals surface area contributed by atoms with Crippen molar-refractivity contribution in [3.05, 3.63) is 70.7 Å². The lowest BCUT2D eigenvalue weighted by molar-refractivity contribution is -0.141. The molecule has 156 valence electrons. The van der Waals surface area contributed by atoms with Crippen LogP contribution in [0.5, 0.6) is 0 Å². The third-order valence-corrected chi connectivity index (χ3v) is 5.25. The Balaban J connectivity index is 2.35. The second kappa shape index (κ2) is 11.6. The summed E-state index contributed by atoms with van der Waals surface area (Å²) in [6, 6.07) is 16.8. The lowest BCUT2D eigenvalue weighted by Gasteiger charge is -2.32. The Morgan fingerprint density at radius 1 is 1.00 bits per heavy atom. The topological polar surface area (TPSA) is 49.4 Å². The van der Waals surface area contributed by atoms with Gasteiger partial charge in [-0.25, -0.2) is 0 Å². The average Bonchev–Trinajstić information content (AvgIpc) is 2.72. The maximum Gasteiger partial charge on any atom is 0.243 e. The summed E-state index contributed by atoms with van der Waals surface area (Å²) >= 11 is 6.01. The van der Waals surface area contributed by atoms with Crippen molar-refractivity contribution in [3.63, 3.8) is 0 Å². The molecule has 0 saturated carbocycles. The monoisotopic (exact) mass is 414 g/mol. The maximum atomic E-state index is 13.2. The van der Waals surface area contributed by atoms with Gasteiger partial charge in [-0.15, -0.1) is 0 Å². The van der Waals surface area contributed by atoms with Gasteiger partial charge in [0.15, 0.2) is 0 Å². The third-order valence-electron chi connectivity index (χ3n) is 5.00. The van der Waals surface area contributed by atoms with Gasteiger partial charge >= 0.3 is 0 Å². The molecule has 0 aromatic heterocycles. The van der Waals surface area contributed by atoms with Crippen LogP contribution in [-0.4, -0.2) is 28.8 Å². The van der Waals surface area contributed by atoms with Crippen LogP contribution < -0.4 is 5.32 Å². The van der Waals surface area contributed by atoms with Crippen molar-refractivity contribution in [1.29, 1.82) is 0 Å². The van der Waals surface area contributed by atoms with Crippen molar-refractivity contribution in [2.75, 3.05) is 0 Å². The van der Waals surface area contributed by atoms with Crippen LogP contribution in [0, 0.1) is 0 Å². The van der Waals surface area contributed by atoms with E-state index < -0.39 is 6.04 Å². The van der Waals surface area contributed by atoms with E-state index in [-0.39, 0.29) is 17.9 Å². The number of amides is 2. The Hall–Kier alpha value is -2.33. The van der Waals surface area contributed by atoms with Crippen LogP contribution in [0.3, 0.4) is 0 Å². The molecule has 0 aliphatic rings. The first-order valence-electron chi connectivity index (χ1n) is 10.3. The fourth-order valence-corrected chi connectivity index (χ4v) is 3.27. The molecule has 29 heavy (non-hydrogen) atoms. The number of halogens is 1. The molecule has 0 fully saturated rings. The lowest BCUT2D eigenvalue weighted by atomic mass is 10.0. The molecule has 2 rings (SSSR count). The first-order chi connectivity index (χ1) is 13.9. The van der Waals surface area contributed by atoms with E-state index >= 15 is 0 Å². The highest BCUT2D eigenvalue weighted by atomic mass is 35.5. The molecule has 0 aliphatic heterocycles. The molecule has 2 aromatic rings. The van der Waals surface area contributed by atoms with Crippen LogP contribution in [-0.2, 0) is 22.6 Å². The number of benzene rings is 2. The molecular formula is C24H31ClN2O2. The zero-order valence-corrected chi connectivity index (χ0v) is 18.3. The summed E-state index contributed by atoms with van der Waals surface area (Å²) in [6.07, 6.45) is 2.46. The molecule has 2 atom stereocenters. The molecule has 0 radical (unpaired) electrons. The van der Waals surface area contributed by atoms with Gasteiger partial charge in [0.1, 0.15) is 6.04 Å². The molecule has 1 N–H and O–H groups in total. The molecule has 0 aliphatic carbocycles. The standard InChI is InChI=1S/C24H31ClN2O2/c1-4-9-23(28)27(17-20-12-14-21(25)15-13-20)22(24(29)26-18(3)5-2)16-19-10-7-6-8-11-19/h6-8,10-15,18,22H,4-5,9,16-17H2,1-3H3,(H,26,29)/t18-,22+/m1/s1. The van der Waals surface area contributed by atoms with Gasteiger partial charge in [0, 0.05) is 30.5 Å². The van der Waals surface area contributed by atoms with Crippen molar-refractivity contribution in [2.45, 2.75) is 65.1 Å².